The molecular formula is C25H36ClN5O7. The van der Waals surface area contributed by atoms with Crippen LogP contribution >= 0.6 is 12.4 Å². The first-order valence-electron chi connectivity index (χ1n) is 12.1. The molecule has 2 heterocycles. The van der Waals surface area contributed by atoms with Crippen molar-refractivity contribution in [1.82, 2.24) is 23.6 Å². The van der Waals surface area contributed by atoms with Crippen molar-refractivity contribution in [2.24, 2.45) is 14.1 Å². The van der Waals surface area contributed by atoms with E-state index in [1.807, 2.05) is 0 Å². The molecular weight excluding hydrogens is 518 g/mol. The minimum Gasteiger partial charge on any atom is -0.493 e. The van der Waals surface area contributed by atoms with Gasteiger partial charge in [0.05, 0.1) is 40.0 Å². The molecule has 0 radical (unpaired) electrons. The van der Waals surface area contributed by atoms with E-state index in [0.717, 1.165) is 17.7 Å². The number of nitrogens with zero attached hydrogens (tertiary/aromatic N) is 5. The van der Waals surface area contributed by atoms with Gasteiger partial charge in [-0.25, -0.2) is 14.6 Å². The third kappa shape index (κ3) is 5.97. The molecule has 0 saturated heterocycles. The quantitative estimate of drug-likeness (QED) is 0.245. The summed E-state index contributed by atoms with van der Waals surface area (Å²) in [6.45, 7) is 6.47. The van der Waals surface area contributed by atoms with Crippen LogP contribution in [-0.2, 0) is 31.9 Å². The summed E-state index contributed by atoms with van der Waals surface area (Å²) >= 11 is 0. The van der Waals surface area contributed by atoms with Crippen molar-refractivity contribution >= 4 is 29.5 Å². The van der Waals surface area contributed by atoms with Crippen LogP contribution in [-0.4, -0.2) is 70.6 Å². The summed E-state index contributed by atoms with van der Waals surface area (Å²) in [4.78, 5) is 45.5. The van der Waals surface area contributed by atoms with Gasteiger partial charge in [-0.05, 0) is 31.6 Å². The molecule has 12 nitrogen and oxygen atoms in total. The fraction of sp³-hybridized carbons (Fsp3) is 0.520. The highest BCUT2D eigenvalue weighted by atomic mass is 35.5. The second-order valence-corrected chi connectivity index (χ2v) is 8.42. The lowest BCUT2D eigenvalue weighted by Gasteiger charge is -2.17. The van der Waals surface area contributed by atoms with Gasteiger partial charge in [-0.1, -0.05) is 13.8 Å². The molecule has 0 fully saturated rings. The fourth-order valence-electron chi connectivity index (χ4n) is 4.14. The molecule has 2 aromatic heterocycles. The van der Waals surface area contributed by atoms with Gasteiger partial charge in [0, 0.05) is 20.6 Å². The molecule has 0 spiro atoms. The number of methoxy groups -OCH3 is 3. The van der Waals surface area contributed by atoms with Crippen LogP contribution < -0.4 is 25.5 Å². The van der Waals surface area contributed by atoms with Crippen LogP contribution in [0.15, 0.2) is 21.7 Å². The van der Waals surface area contributed by atoms with Crippen LogP contribution in [0.5, 0.6) is 17.2 Å². The highest BCUT2D eigenvalue weighted by molar-refractivity contribution is 5.91. The number of carbonyl (C=O) groups excluding carboxylic acids is 1. The van der Waals surface area contributed by atoms with E-state index in [0.29, 0.717) is 40.8 Å². The minimum atomic E-state index is -0.595. The molecule has 210 valence electrons. The topological polar surface area (TPSA) is 119 Å². The zero-order chi connectivity index (χ0) is 27.3. The number of ether oxygens (including phenoxy) is 4. The summed E-state index contributed by atoms with van der Waals surface area (Å²) in [5.41, 5.74) is 0.0406. The number of benzene rings is 1. The van der Waals surface area contributed by atoms with E-state index < -0.39 is 17.2 Å². The maximum absolute atomic E-state index is 13.2. The van der Waals surface area contributed by atoms with Gasteiger partial charge in [0.25, 0.3) is 5.56 Å². The van der Waals surface area contributed by atoms with Crippen molar-refractivity contribution in [3.8, 4) is 17.2 Å². The van der Waals surface area contributed by atoms with Crippen LogP contribution in [0.4, 0.5) is 0 Å². The standard InChI is InChI=1S/C25H35N5O7.ClH/c1-8-29(9-2)15-19-26-22-20(27(19)3)23(31)30(25(33)28(22)4)11-10-12-37-24(32)16-13-17(34-5)21(36-7)18(14-16)35-6;/h13-14H,8-12,15H2,1-7H3;1H. The molecule has 38 heavy (non-hydrogen) atoms. The summed E-state index contributed by atoms with van der Waals surface area (Å²) in [6, 6.07) is 2.99. The van der Waals surface area contributed by atoms with Crippen molar-refractivity contribution in [1.29, 1.82) is 0 Å². The highest BCUT2D eigenvalue weighted by Crippen LogP contribution is 2.38. The first-order chi connectivity index (χ1) is 17.7. The lowest BCUT2D eigenvalue weighted by molar-refractivity contribution is 0.0494. The van der Waals surface area contributed by atoms with Crippen molar-refractivity contribution in [2.45, 2.75) is 33.4 Å². The second-order valence-electron chi connectivity index (χ2n) is 8.42. The molecule has 0 amide bonds. The molecule has 0 bridgehead atoms. The van der Waals surface area contributed by atoms with E-state index >= 15 is 0 Å². The molecule has 0 saturated carbocycles. The normalized spacial score (nSPS) is 10.9. The minimum absolute atomic E-state index is 0. The van der Waals surface area contributed by atoms with Gasteiger partial charge in [0.15, 0.2) is 22.7 Å². The molecule has 0 N–H and O–H groups in total. The van der Waals surface area contributed by atoms with E-state index in [1.54, 1.807) is 18.7 Å². The van der Waals surface area contributed by atoms with Crippen LogP contribution in [0, 0.1) is 0 Å². The number of aryl methyl sites for hydroxylation is 2. The first kappa shape index (κ1) is 30.7. The van der Waals surface area contributed by atoms with Crippen molar-refractivity contribution < 1.29 is 23.7 Å². The summed E-state index contributed by atoms with van der Waals surface area (Å²) in [5, 5.41) is 0. The van der Waals surface area contributed by atoms with Gasteiger partial charge >= 0.3 is 11.7 Å². The Kier molecular flexibility index (Phi) is 10.8. The zero-order valence-corrected chi connectivity index (χ0v) is 23.7. The number of carbonyl (C=O) groups is 1. The Morgan fingerprint density at radius 3 is 2.11 bits per heavy atom. The Bertz CT molecular complexity index is 1370. The third-order valence-electron chi connectivity index (χ3n) is 6.37. The van der Waals surface area contributed by atoms with Crippen molar-refractivity contribution in [3.05, 3.63) is 44.4 Å². The number of esters is 1. The number of hydrogen-bond donors (Lipinski definition) is 0. The number of rotatable bonds is 12. The summed E-state index contributed by atoms with van der Waals surface area (Å²) in [5.74, 6) is 1.13. The Morgan fingerprint density at radius 1 is 0.974 bits per heavy atom. The zero-order valence-electron chi connectivity index (χ0n) is 22.9. The molecule has 0 aliphatic heterocycles. The second kappa shape index (κ2) is 13.3. The van der Waals surface area contributed by atoms with Gasteiger partial charge in [-0.15, -0.1) is 12.4 Å². The third-order valence-corrected chi connectivity index (χ3v) is 6.37. The number of hydrogen-bond acceptors (Lipinski definition) is 9. The number of fused-ring (bicyclic) bond motifs is 1. The fourth-order valence-corrected chi connectivity index (χ4v) is 4.14. The average Bonchev–Trinajstić information content (AvgIpc) is 3.24. The van der Waals surface area contributed by atoms with Gasteiger partial charge < -0.3 is 23.5 Å². The summed E-state index contributed by atoms with van der Waals surface area (Å²) in [7, 11) is 7.76. The monoisotopic (exact) mass is 553 g/mol. The first-order valence-corrected chi connectivity index (χ1v) is 12.1. The maximum atomic E-state index is 13.2. The largest absolute Gasteiger partial charge is 0.493 e. The summed E-state index contributed by atoms with van der Waals surface area (Å²) in [6.07, 6.45) is 0.265. The smallest absolute Gasteiger partial charge is 0.338 e. The Morgan fingerprint density at radius 2 is 1.58 bits per heavy atom. The predicted octanol–water partition coefficient (Wildman–Crippen LogP) is 1.97. The maximum Gasteiger partial charge on any atom is 0.338 e. The molecule has 0 unspecified atom stereocenters. The van der Waals surface area contributed by atoms with Gasteiger partial charge in [-0.2, -0.15) is 0 Å². The number of aromatic nitrogens is 4. The number of imidazole rings is 1. The number of halogens is 1. The molecule has 0 aliphatic rings. The van der Waals surface area contributed by atoms with E-state index in [-0.39, 0.29) is 37.5 Å². The molecule has 13 heteroatoms. The van der Waals surface area contributed by atoms with Gasteiger partial charge in [-0.3, -0.25) is 18.8 Å². The molecule has 1 aromatic carbocycles. The van der Waals surface area contributed by atoms with Gasteiger partial charge in [0.2, 0.25) is 5.75 Å². The average molecular weight is 554 g/mol. The van der Waals surface area contributed by atoms with Crippen molar-refractivity contribution in [2.75, 3.05) is 41.0 Å². The van der Waals surface area contributed by atoms with Crippen LogP contribution in [0.25, 0.3) is 11.2 Å². The van der Waals surface area contributed by atoms with Crippen LogP contribution in [0.3, 0.4) is 0 Å². The summed E-state index contributed by atoms with van der Waals surface area (Å²) < 4.78 is 25.5. The van der Waals surface area contributed by atoms with E-state index in [9.17, 15) is 14.4 Å². The molecule has 3 aromatic rings. The van der Waals surface area contributed by atoms with Gasteiger partial charge in [0.1, 0.15) is 5.82 Å². The van der Waals surface area contributed by atoms with Crippen LogP contribution in [0.1, 0.15) is 36.5 Å². The van der Waals surface area contributed by atoms with E-state index in [4.69, 9.17) is 18.9 Å². The SMILES string of the molecule is CCN(CC)Cc1nc2c(c(=O)n(CCCOC(=O)c3cc(OC)c(OC)c(OC)c3)c(=O)n2C)n1C.Cl. The Labute approximate surface area is 227 Å². The van der Waals surface area contributed by atoms with Crippen LogP contribution in [0.2, 0.25) is 0 Å². The Hall–Kier alpha value is -3.51. The highest BCUT2D eigenvalue weighted by Gasteiger charge is 2.20. The van der Waals surface area contributed by atoms with Crippen molar-refractivity contribution in [3.63, 3.8) is 0 Å². The molecule has 3 rings (SSSR count). The lowest BCUT2D eigenvalue weighted by atomic mass is 10.2. The lowest BCUT2D eigenvalue weighted by Crippen LogP contribution is -2.39. The molecule has 0 aliphatic carbocycles. The predicted molar refractivity (Wildman–Crippen MR) is 145 cm³/mol. The Balaban J connectivity index is 0.00000507. The molecule has 0 atom stereocenters. The van der Waals surface area contributed by atoms with E-state index in [1.165, 1.54) is 38.0 Å². The van der Waals surface area contributed by atoms with E-state index in [2.05, 4.69) is 23.7 Å².